The predicted molar refractivity (Wildman–Crippen MR) is 109 cm³/mol. The summed E-state index contributed by atoms with van der Waals surface area (Å²) in [5.74, 6) is -0.899. The van der Waals surface area contributed by atoms with Gasteiger partial charge >= 0.3 is 0 Å². The molecule has 6 heteroatoms. The van der Waals surface area contributed by atoms with Gasteiger partial charge in [-0.25, -0.2) is 0 Å². The lowest BCUT2D eigenvalue weighted by Gasteiger charge is -2.18. The molecule has 0 saturated carbocycles. The molecule has 0 spiro atoms. The molecular formula is C22H23N3O3. The van der Waals surface area contributed by atoms with E-state index in [1.165, 1.54) is 4.90 Å². The van der Waals surface area contributed by atoms with E-state index in [1.807, 2.05) is 26.0 Å². The number of carbonyl (C=O) groups is 3. The molecular weight excluding hydrogens is 354 g/mol. The summed E-state index contributed by atoms with van der Waals surface area (Å²) in [6.07, 6.45) is 0.806. The van der Waals surface area contributed by atoms with Crippen molar-refractivity contribution in [1.82, 2.24) is 10.2 Å². The van der Waals surface area contributed by atoms with Gasteiger partial charge in [0.2, 0.25) is 5.91 Å². The van der Waals surface area contributed by atoms with Gasteiger partial charge in [0, 0.05) is 22.9 Å². The minimum atomic E-state index is -0.397. The number of amides is 3. The summed E-state index contributed by atoms with van der Waals surface area (Å²) >= 11 is 0. The molecule has 1 aliphatic rings. The molecule has 2 N–H and O–H groups in total. The summed E-state index contributed by atoms with van der Waals surface area (Å²) < 4.78 is 0. The van der Waals surface area contributed by atoms with Gasteiger partial charge in [0.05, 0.1) is 11.3 Å². The van der Waals surface area contributed by atoms with Crippen molar-refractivity contribution in [3.63, 3.8) is 0 Å². The fourth-order valence-corrected chi connectivity index (χ4v) is 3.03. The molecule has 1 atom stereocenters. The third kappa shape index (κ3) is 3.81. The number of para-hydroxylation sites is 1. The van der Waals surface area contributed by atoms with Gasteiger partial charge in [-0.1, -0.05) is 43.8 Å². The molecule has 28 heavy (non-hydrogen) atoms. The number of hydrogen-bond acceptors (Lipinski definition) is 3. The van der Waals surface area contributed by atoms with Crippen LogP contribution in [-0.2, 0) is 4.79 Å². The van der Waals surface area contributed by atoms with Gasteiger partial charge in [-0.15, -0.1) is 0 Å². The van der Waals surface area contributed by atoms with Gasteiger partial charge in [0.15, 0.2) is 0 Å². The van der Waals surface area contributed by atoms with Gasteiger partial charge in [0.25, 0.3) is 11.8 Å². The van der Waals surface area contributed by atoms with E-state index in [9.17, 15) is 14.4 Å². The Balaban J connectivity index is 1.72. The highest BCUT2D eigenvalue weighted by molar-refractivity contribution is 6.11. The van der Waals surface area contributed by atoms with Crippen LogP contribution in [0.4, 0.5) is 5.69 Å². The fourth-order valence-electron chi connectivity index (χ4n) is 3.03. The van der Waals surface area contributed by atoms with E-state index in [0.717, 1.165) is 12.0 Å². The van der Waals surface area contributed by atoms with Crippen molar-refractivity contribution in [3.05, 3.63) is 71.8 Å². The topological polar surface area (TPSA) is 78.5 Å². The van der Waals surface area contributed by atoms with E-state index >= 15 is 0 Å². The largest absolute Gasteiger partial charge is 0.350 e. The lowest BCUT2D eigenvalue weighted by molar-refractivity contribution is -0.116. The van der Waals surface area contributed by atoms with Crippen LogP contribution in [0.1, 0.15) is 46.5 Å². The van der Waals surface area contributed by atoms with Crippen LogP contribution in [0.2, 0.25) is 0 Å². The van der Waals surface area contributed by atoms with Crippen molar-refractivity contribution in [3.8, 4) is 0 Å². The Morgan fingerprint density at radius 2 is 1.71 bits per heavy atom. The van der Waals surface area contributed by atoms with Crippen molar-refractivity contribution in [2.45, 2.75) is 26.3 Å². The van der Waals surface area contributed by atoms with E-state index in [4.69, 9.17) is 0 Å². The van der Waals surface area contributed by atoms with Crippen molar-refractivity contribution >= 4 is 29.1 Å². The van der Waals surface area contributed by atoms with Crippen molar-refractivity contribution < 1.29 is 14.4 Å². The first-order valence-corrected chi connectivity index (χ1v) is 9.22. The van der Waals surface area contributed by atoms with Crippen LogP contribution in [-0.4, -0.2) is 35.2 Å². The van der Waals surface area contributed by atoms with Crippen molar-refractivity contribution in [2.75, 3.05) is 11.9 Å². The highest BCUT2D eigenvalue weighted by atomic mass is 16.2. The average Bonchev–Trinajstić information content (AvgIpc) is 2.93. The second-order valence-electron chi connectivity index (χ2n) is 6.76. The number of nitrogens with zero attached hydrogens (tertiary/aromatic N) is 1. The third-order valence-corrected chi connectivity index (χ3v) is 4.78. The Kier molecular flexibility index (Phi) is 5.59. The van der Waals surface area contributed by atoms with Crippen molar-refractivity contribution in [2.24, 2.45) is 0 Å². The molecule has 0 aliphatic carbocycles. The molecule has 3 rings (SSSR count). The average molecular weight is 377 g/mol. The van der Waals surface area contributed by atoms with E-state index in [0.29, 0.717) is 22.5 Å². The number of nitrogens with one attached hydrogen (secondary N) is 2. The molecule has 1 aliphatic heterocycles. The number of rotatable bonds is 6. The van der Waals surface area contributed by atoms with Gasteiger partial charge in [-0.05, 0) is 31.5 Å². The maximum absolute atomic E-state index is 12.6. The van der Waals surface area contributed by atoms with E-state index in [1.54, 1.807) is 36.4 Å². The second-order valence-corrected chi connectivity index (χ2v) is 6.76. The first-order valence-electron chi connectivity index (χ1n) is 9.22. The Morgan fingerprint density at radius 1 is 1.07 bits per heavy atom. The van der Waals surface area contributed by atoms with Crippen LogP contribution in [0.25, 0.3) is 5.70 Å². The van der Waals surface area contributed by atoms with Crippen LogP contribution < -0.4 is 10.6 Å². The van der Waals surface area contributed by atoms with Crippen molar-refractivity contribution in [1.29, 1.82) is 0 Å². The Bertz CT molecular complexity index is 917. The summed E-state index contributed by atoms with van der Waals surface area (Å²) in [4.78, 5) is 39.0. The molecule has 0 saturated heterocycles. The quantitative estimate of drug-likeness (QED) is 0.811. The van der Waals surface area contributed by atoms with E-state index in [-0.39, 0.29) is 24.4 Å². The standard InChI is InChI=1S/C22H23N3O3/c1-4-14(2)23-21(27)18-11-7-8-12-19(18)24-20(26)13-25-15(3)16-9-5-6-10-17(16)22(25)28/h5-12,14H,3-4,13H2,1-2H3,(H,23,27)(H,24,26). The van der Waals surface area contributed by atoms with Gasteiger partial charge in [-0.3, -0.25) is 19.3 Å². The molecule has 0 bridgehead atoms. The summed E-state index contributed by atoms with van der Waals surface area (Å²) in [6, 6.07) is 14.0. The molecule has 0 aromatic heterocycles. The maximum Gasteiger partial charge on any atom is 0.259 e. The van der Waals surface area contributed by atoms with Crippen LogP contribution in [0.15, 0.2) is 55.1 Å². The third-order valence-electron chi connectivity index (χ3n) is 4.78. The zero-order chi connectivity index (χ0) is 20.3. The molecule has 2 aromatic carbocycles. The molecule has 1 unspecified atom stereocenters. The Labute approximate surface area is 164 Å². The first kappa shape index (κ1) is 19.4. The highest BCUT2D eigenvalue weighted by Crippen LogP contribution is 2.30. The van der Waals surface area contributed by atoms with Gasteiger partial charge in [-0.2, -0.15) is 0 Å². The summed E-state index contributed by atoms with van der Waals surface area (Å²) in [7, 11) is 0. The summed E-state index contributed by atoms with van der Waals surface area (Å²) in [5, 5.41) is 5.63. The maximum atomic E-state index is 12.6. The number of anilines is 1. The summed E-state index contributed by atoms with van der Waals surface area (Å²) in [6.45, 7) is 7.66. The normalized spacial score (nSPS) is 13.9. The minimum absolute atomic E-state index is 0.0281. The summed E-state index contributed by atoms with van der Waals surface area (Å²) in [5.41, 5.74) is 2.55. The molecule has 2 aromatic rings. The molecule has 0 fully saturated rings. The Hall–Kier alpha value is -3.41. The van der Waals surface area contributed by atoms with Gasteiger partial charge in [0.1, 0.15) is 6.54 Å². The number of hydrogen-bond donors (Lipinski definition) is 2. The minimum Gasteiger partial charge on any atom is -0.350 e. The lowest BCUT2D eigenvalue weighted by Crippen LogP contribution is -2.34. The van der Waals surface area contributed by atoms with Crippen LogP contribution in [0, 0.1) is 0 Å². The molecule has 144 valence electrons. The highest BCUT2D eigenvalue weighted by Gasteiger charge is 2.32. The number of benzene rings is 2. The van der Waals surface area contributed by atoms with E-state index in [2.05, 4.69) is 17.2 Å². The molecule has 3 amide bonds. The number of fused-ring (bicyclic) bond motifs is 1. The zero-order valence-electron chi connectivity index (χ0n) is 16.0. The first-order chi connectivity index (χ1) is 13.4. The SMILES string of the molecule is C=C1c2ccccc2C(=O)N1CC(=O)Nc1ccccc1C(=O)NC(C)CC. The predicted octanol–water partition coefficient (Wildman–Crippen LogP) is 3.28. The fraction of sp³-hybridized carbons (Fsp3) is 0.227. The lowest BCUT2D eigenvalue weighted by atomic mass is 10.1. The molecule has 1 heterocycles. The molecule has 6 nitrogen and oxygen atoms in total. The second kappa shape index (κ2) is 8.08. The number of carbonyl (C=O) groups excluding carboxylic acids is 3. The van der Waals surface area contributed by atoms with Crippen LogP contribution in [0.3, 0.4) is 0 Å². The van der Waals surface area contributed by atoms with Crippen LogP contribution >= 0.6 is 0 Å². The van der Waals surface area contributed by atoms with Gasteiger partial charge < -0.3 is 10.6 Å². The van der Waals surface area contributed by atoms with E-state index < -0.39 is 5.91 Å². The Morgan fingerprint density at radius 3 is 2.39 bits per heavy atom. The monoisotopic (exact) mass is 377 g/mol. The zero-order valence-corrected chi connectivity index (χ0v) is 16.0. The smallest absolute Gasteiger partial charge is 0.259 e. The van der Waals surface area contributed by atoms with Crippen LogP contribution in [0.5, 0.6) is 0 Å². The molecule has 0 radical (unpaired) electrons.